The molecule has 0 aliphatic carbocycles. The van der Waals surface area contributed by atoms with Crippen LogP contribution < -0.4 is 0 Å². The van der Waals surface area contributed by atoms with Gasteiger partial charge in [0.1, 0.15) is 17.5 Å². The van der Waals surface area contributed by atoms with Crippen molar-refractivity contribution in [3.8, 4) is 22.3 Å². The minimum atomic E-state index is -5.08. The van der Waals surface area contributed by atoms with Crippen LogP contribution in [0.3, 0.4) is 0 Å². The van der Waals surface area contributed by atoms with Crippen LogP contribution in [0.5, 0.6) is 0 Å². The van der Waals surface area contributed by atoms with Gasteiger partial charge in [-0.15, -0.1) is 0 Å². The van der Waals surface area contributed by atoms with Crippen molar-refractivity contribution in [2.24, 2.45) is 0 Å². The Bertz CT molecular complexity index is 1500. The maximum absolute atomic E-state index is 13.6. The number of aryl methyl sites for hydroxylation is 1. The largest absolute Gasteiger partial charge is 0.490 e. The third-order valence-electron chi connectivity index (χ3n) is 6.33. The van der Waals surface area contributed by atoms with E-state index < -0.39 is 24.3 Å². The third-order valence-corrected chi connectivity index (χ3v) is 6.33. The number of nitrogens with zero attached hydrogens (tertiary/aromatic N) is 2. The van der Waals surface area contributed by atoms with Gasteiger partial charge >= 0.3 is 18.1 Å². The predicted octanol–water partition coefficient (Wildman–Crippen LogP) is 6.08. The zero-order valence-electron chi connectivity index (χ0n) is 20.8. The maximum atomic E-state index is 13.6. The monoisotopic (exact) mass is 543 g/mol. The summed E-state index contributed by atoms with van der Waals surface area (Å²) in [7, 11) is 0. The molecular formula is C28H25F4N3O4. The number of aromatic carboxylic acids is 1. The molecule has 0 bridgehead atoms. The molecular weight excluding hydrogens is 518 g/mol. The molecule has 1 aliphatic rings. The standard InChI is InChI=1S/C26H24FN3O2.C2HF3O2/c1-16-28-24-13-20(12-23(26(31)32)25(24)29-16)17-6-8-18(9-7-17)22-5-3-2-4-19(22)14-30-11-10-21(27)15-30;3-2(4,5)1(6)7/h2-9,12-13,21H,10-11,14-15H2,1H3,(H,28,29)(H,31,32);(H,6,7)/t21-;/m1./s1. The Kier molecular flexibility index (Phi) is 8.01. The number of aromatic nitrogens is 2. The van der Waals surface area contributed by atoms with Gasteiger partial charge in [0.05, 0.1) is 11.1 Å². The van der Waals surface area contributed by atoms with Gasteiger partial charge in [0.15, 0.2) is 0 Å². The Morgan fingerprint density at radius 2 is 1.67 bits per heavy atom. The predicted molar refractivity (Wildman–Crippen MR) is 137 cm³/mol. The van der Waals surface area contributed by atoms with Crippen LogP contribution in [0.15, 0.2) is 60.7 Å². The lowest BCUT2D eigenvalue weighted by atomic mass is 9.96. The number of imidazole rings is 1. The second-order valence-electron chi connectivity index (χ2n) is 9.21. The van der Waals surface area contributed by atoms with Gasteiger partial charge in [0.2, 0.25) is 0 Å². The Morgan fingerprint density at radius 1 is 1.03 bits per heavy atom. The number of hydrogen-bond donors (Lipinski definition) is 3. The van der Waals surface area contributed by atoms with Crippen molar-refractivity contribution >= 4 is 23.0 Å². The van der Waals surface area contributed by atoms with Crippen LogP contribution in [0, 0.1) is 6.92 Å². The van der Waals surface area contributed by atoms with E-state index in [0.29, 0.717) is 29.8 Å². The molecule has 5 rings (SSSR count). The van der Waals surface area contributed by atoms with Crippen molar-refractivity contribution in [2.45, 2.75) is 32.2 Å². The van der Waals surface area contributed by atoms with Crippen molar-refractivity contribution < 1.29 is 37.4 Å². The van der Waals surface area contributed by atoms with Gasteiger partial charge in [-0.2, -0.15) is 13.2 Å². The van der Waals surface area contributed by atoms with E-state index in [1.54, 1.807) is 6.07 Å². The summed E-state index contributed by atoms with van der Waals surface area (Å²) in [5.41, 5.74) is 6.52. The Hall–Kier alpha value is -4.25. The number of benzene rings is 3. The Balaban J connectivity index is 0.000000448. The summed E-state index contributed by atoms with van der Waals surface area (Å²) >= 11 is 0. The molecule has 0 unspecified atom stereocenters. The summed E-state index contributed by atoms with van der Waals surface area (Å²) in [5, 5.41) is 16.8. The lowest BCUT2D eigenvalue weighted by molar-refractivity contribution is -0.192. The molecule has 0 radical (unpaired) electrons. The van der Waals surface area contributed by atoms with Gasteiger partial charge in [0.25, 0.3) is 0 Å². The number of hydrogen-bond acceptors (Lipinski definition) is 4. The van der Waals surface area contributed by atoms with Gasteiger partial charge in [-0.3, -0.25) is 4.90 Å². The van der Waals surface area contributed by atoms with Gasteiger partial charge in [-0.1, -0.05) is 48.5 Å². The van der Waals surface area contributed by atoms with Crippen LogP contribution in [0.25, 0.3) is 33.3 Å². The van der Waals surface area contributed by atoms with E-state index in [1.807, 2.05) is 37.3 Å². The molecule has 39 heavy (non-hydrogen) atoms. The van der Waals surface area contributed by atoms with E-state index in [4.69, 9.17) is 9.90 Å². The number of halogens is 4. The summed E-state index contributed by atoms with van der Waals surface area (Å²) in [4.78, 5) is 30.3. The zero-order chi connectivity index (χ0) is 28.3. The van der Waals surface area contributed by atoms with Crippen LogP contribution in [-0.2, 0) is 11.3 Å². The summed E-state index contributed by atoms with van der Waals surface area (Å²) in [6.07, 6.45) is -5.21. The molecule has 1 aromatic heterocycles. The molecule has 1 aliphatic heterocycles. The van der Waals surface area contributed by atoms with Crippen molar-refractivity contribution in [1.29, 1.82) is 0 Å². The molecule has 1 atom stereocenters. The number of H-pyrrole nitrogens is 1. The minimum absolute atomic E-state index is 0.188. The number of rotatable bonds is 5. The van der Waals surface area contributed by atoms with Crippen molar-refractivity contribution in [2.75, 3.05) is 13.1 Å². The number of aliphatic carboxylic acids is 1. The smallest absolute Gasteiger partial charge is 0.478 e. The Labute approximate surface area is 220 Å². The SMILES string of the molecule is Cc1nc2c(C(=O)O)cc(-c3ccc(-c4ccccc4CN4CC[C@@H](F)C4)cc3)cc2[nH]1.O=C(O)C(F)(F)F. The summed E-state index contributed by atoms with van der Waals surface area (Å²) in [6, 6.07) is 20.0. The fourth-order valence-electron chi connectivity index (χ4n) is 4.52. The molecule has 1 fully saturated rings. The van der Waals surface area contributed by atoms with Crippen molar-refractivity contribution in [3.05, 3.63) is 77.6 Å². The highest BCUT2D eigenvalue weighted by molar-refractivity contribution is 6.03. The highest BCUT2D eigenvalue weighted by atomic mass is 19.4. The Morgan fingerprint density at radius 3 is 2.26 bits per heavy atom. The van der Waals surface area contributed by atoms with Crippen LogP contribution in [0.4, 0.5) is 17.6 Å². The van der Waals surface area contributed by atoms with Gasteiger partial charge < -0.3 is 15.2 Å². The van der Waals surface area contributed by atoms with E-state index in [1.165, 1.54) is 5.56 Å². The first-order valence-corrected chi connectivity index (χ1v) is 12.0. The first-order valence-electron chi connectivity index (χ1n) is 12.0. The van der Waals surface area contributed by atoms with Gasteiger partial charge in [0, 0.05) is 19.6 Å². The molecule has 3 N–H and O–H groups in total. The molecule has 3 aromatic carbocycles. The minimum Gasteiger partial charge on any atom is -0.478 e. The number of likely N-dealkylation sites (tertiary alicyclic amines) is 1. The number of nitrogens with one attached hydrogen (secondary N) is 1. The summed E-state index contributed by atoms with van der Waals surface area (Å²) in [5.74, 6) is -3.07. The van der Waals surface area contributed by atoms with E-state index in [2.05, 4.69) is 39.1 Å². The number of carbonyl (C=O) groups is 2. The summed E-state index contributed by atoms with van der Waals surface area (Å²) in [6.45, 7) is 3.83. The quantitative estimate of drug-likeness (QED) is 0.264. The van der Waals surface area contributed by atoms with E-state index in [0.717, 1.165) is 35.3 Å². The number of carboxylic acid groups (broad SMARTS) is 2. The van der Waals surface area contributed by atoms with Crippen molar-refractivity contribution in [3.63, 3.8) is 0 Å². The van der Waals surface area contributed by atoms with Crippen LogP contribution in [0.1, 0.15) is 28.2 Å². The van der Waals surface area contributed by atoms with Crippen molar-refractivity contribution in [1.82, 2.24) is 14.9 Å². The maximum Gasteiger partial charge on any atom is 0.490 e. The average molecular weight is 544 g/mol. The molecule has 7 nitrogen and oxygen atoms in total. The lowest BCUT2D eigenvalue weighted by Crippen LogP contribution is -2.21. The normalized spacial score (nSPS) is 15.7. The summed E-state index contributed by atoms with van der Waals surface area (Å²) < 4.78 is 45.3. The second-order valence-corrected chi connectivity index (χ2v) is 9.21. The zero-order valence-corrected chi connectivity index (χ0v) is 20.8. The van der Waals surface area contributed by atoms with Crippen LogP contribution >= 0.6 is 0 Å². The number of aromatic amines is 1. The molecule has 0 amide bonds. The second kappa shape index (κ2) is 11.2. The van der Waals surface area contributed by atoms with E-state index in [9.17, 15) is 27.5 Å². The highest BCUT2D eigenvalue weighted by Crippen LogP contribution is 2.31. The fourth-order valence-corrected chi connectivity index (χ4v) is 4.52. The van der Waals surface area contributed by atoms with E-state index >= 15 is 0 Å². The molecule has 4 aromatic rings. The molecule has 0 saturated carbocycles. The number of carboxylic acids is 2. The molecule has 11 heteroatoms. The average Bonchev–Trinajstić information content (AvgIpc) is 3.47. The third kappa shape index (κ3) is 6.61. The first-order chi connectivity index (χ1) is 18.4. The van der Waals surface area contributed by atoms with Crippen LogP contribution in [-0.4, -0.2) is 62.5 Å². The molecule has 204 valence electrons. The fraction of sp³-hybridized carbons (Fsp3) is 0.250. The molecule has 2 heterocycles. The first kappa shape index (κ1) is 27.8. The van der Waals surface area contributed by atoms with E-state index in [-0.39, 0.29) is 5.56 Å². The topological polar surface area (TPSA) is 107 Å². The highest BCUT2D eigenvalue weighted by Gasteiger charge is 2.38. The van der Waals surface area contributed by atoms with Gasteiger partial charge in [-0.25, -0.2) is 19.0 Å². The molecule has 0 spiro atoms. The molecule has 1 saturated heterocycles. The number of fused-ring (bicyclic) bond motifs is 1. The van der Waals surface area contributed by atoms with Crippen LogP contribution in [0.2, 0.25) is 0 Å². The number of alkyl halides is 4. The lowest BCUT2D eigenvalue weighted by Gasteiger charge is -2.18. The van der Waals surface area contributed by atoms with Gasteiger partial charge in [-0.05, 0) is 53.3 Å².